The van der Waals surface area contributed by atoms with Gasteiger partial charge in [-0.1, -0.05) is 0 Å². The van der Waals surface area contributed by atoms with Crippen molar-refractivity contribution in [3.63, 3.8) is 0 Å². The van der Waals surface area contributed by atoms with Crippen LogP contribution in [0.3, 0.4) is 0 Å². The molecule has 0 aliphatic heterocycles. The van der Waals surface area contributed by atoms with Gasteiger partial charge in [0.15, 0.2) is 0 Å². The van der Waals surface area contributed by atoms with Gasteiger partial charge in [0.2, 0.25) is 5.91 Å². The smallest absolute Gasteiger partial charge is 0.250 e. The Balaban J connectivity index is 2.25. The Hall–Kier alpha value is -0.650. The first kappa shape index (κ1) is 13.4. The third kappa shape index (κ3) is 3.73. The first-order chi connectivity index (χ1) is 7.67. The molecule has 0 aromatic carbocycles. The van der Waals surface area contributed by atoms with Gasteiger partial charge in [-0.2, -0.15) is 0 Å². The van der Waals surface area contributed by atoms with Gasteiger partial charge in [0.25, 0.3) is 0 Å². The Morgan fingerprint density at radius 1 is 1.50 bits per heavy atom. The maximum Gasteiger partial charge on any atom is 0.250 e. The molecule has 1 rings (SSSR count). The van der Waals surface area contributed by atoms with E-state index in [9.17, 15) is 4.79 Å². The number of rotatable bonds is 8. The number of hydrogen-bond acceptors (Lipinski definition) is 4. The number of ether oxygens (including phenoxy) is 2. The molecular weight excluding hydrogens is 208 g/mol. The van der Waals surface area contributed by atoms with E-state index in [0.29, 0.717) is 6.54 Å². The van der Waals surface area contributed by atoms with Crippen LogP contribution in [0.4, 0.5) is 0 Å². The highest BCUT2D eigenvalue weighted by Gasteiger charge is 2.42. The lowest BCUT2D eigenvalue weighted by molar-refractivity contribution is -0.130. The van der Waals surface area contributed by atoms with E-state index in [1.54, 1.807) is 7.11 Å². The molecule has 1 aliphatic carbocycles. The average molecular weight is 230 g/mol. The van der Waals surface area contributed by atoms with Crippen molar-refractivity contribution in [3.8, 4) is 0 Å². The van der Waals surface area contributed by atoms with Crippen molar-refractivity contribution in [2.75, 3.05) is 33.9 Å². The summed E-state index contributed by atoms with van der Waals surface area (Å²) in [5.74, 6) is -0.117. The minimum Gasteiger partial charge on any atom is -0.385 e. The van der Waals surface area contributed by atoms with Crippen molar-refractivity contribution in [1.29, 1.82) is 0 Å². The van der Waals surface area contributed by atoms with Crippen molar-refractivity contribution in [1.82, 2.24) is 5.32 Å². The van der Waals surface area contributed by atoms with Crippen LogP contribution in [0, 0.1) is 5.41 Å². The minimum atomic E-state index is -0.529. The van der Waals surface area contributed by atoms with E-state index >= 15 is 0 Å². The molecule has 1 aliphatic rings. The summed E-state index contributed by atoms with van der Waals surface area (Å²) < 4.78 is 10.0. The predicted octanol–water partition coefficient (Wildman–Crippen LogP) is -0.107. The van der Waals surface area contributed by atoms with Crippen LogP contribution in [0.15, 0.2) is 0 Å². The molecule has 0 bridgehead atoms. The van der Waals surface area contributed by atoms with Gasteiger partial charge >= 0.3 is 0 Å². The lowest BCUT2D eigenvalue weighted by Gasteiger charge is -2.18. The molecule has 3 N–H and O–H groups in total. The molecule has 1 unspecified atom stereocenters. The highest BCUT2D eigenvalue weighted by atomic mass is 16.5. The largest absolute Gasteiger partial charge is 0.385 e. The van der Waals surface area contributed by atoms with Crippen molar-refractivity contribution < 1.29 is 14.3 Å². The fourth-order valence-electron chi connectivity index (χ4n) is 1.71. The van der Waals surface area contributed by atoms with Gasteiger partial charge in [-0.05, 0) is 24.7 Å². The lowest BCUT2D eigenvalue weighted by atomic mass is 10.0. The van der Waals surface area contributed by atoms with Gasteiger partial charge < -0.3 is 20.5 Å². The maximum absolute atomic E-state index is 11.6. The third-order valence-corrected chi connectivity index (χ3v) is 3.22. The number of amides is 1. The van der Waals surface area contributed by atoms with E-state index in [4.69, 9.17) is 15.2 Å². The summed E-state index contributed by atoms with van der Waals surface area (Å²) in [6.07, 6.45) is 2.80. The molecule has 1 saturated carbocycles. The van der Waals surface area contributed by atoms with E-state index in [1.165, 1.54) is 7.11 Å². The van der Waals surface area contributed by atoms with Crippen LogP contribution in [0.1, 0.15) is 19.3 Å². The van der Waals surface area contributed by atoms with E-state index < -0.39 is 6.10 Å². The summed E-state index contributed by atoms with van der Waals surface area (Å²) in [5, 5.41) is 2.90. The maximum atomic E-state index is 11.6. The summed E-state index contributed by atoms with van der Waals surface area (Å²) in [5.41, 5.74) is 5.68. The van der Waals surface area contributed by atoms with E-state index in [1.807, 2.05) is 0 Å². The normalized spacial score (nSPS) is 19.2. The number of nitrogens with one attached hydrogen (secondary N) is 1. The molecule has 0 spiro atoms. The second kappa shape index (κ2) is 6.18. The van der Waals surface area contributed by atoms with Gasteiger partial charge in [0, 0.05) is 33.9 Å². The second-order valence-corrected chi connectivity index (χ2v) is 4.42. The Labute approximate surface area is 96.7 Å². The average Bonchev–Trinajstić information content (AvgIpc) is 3.06. The minimum absolute atomic E-state index is 0.117. The lowest BCUT2D eigenvalue weighted by Crippen LogP contribution is -2.42. The van der Waals surface area contributed by atoms with Crippen LogP contribution >= 0.6 is 0 Å². The zero-order valence-electron chi connectivity index (χ0n) is 10.1. The number of methoxy groups -OCH3 is 2. The molecule has 1 fully saturated rings. The number of carbonyl (C=O) groups excluding carboxylic acids is 1. The van der Waals surface area contributed by atoms with E-state index in [0.717, 1.165) is 25.9 Å². The second-order valence-electron chi connectivity index (χ2n) is 4.42. The van der Waals surface area contributed by atoms with Gasteiger partial charge in [-0.3, -0.25) is 4.79 Å². The van der Waals surface area contributed by atoms with Crippen molar-refractivity contribution in [3.05, 3.63) is 0 Å². The molecule has 0 heterocycles. The molecule has 0 saturated heterocycles. The Morgan fingerprint density at radius 3 is 2.62 bits per heavy atom. The van der Waals surface area contributed by atoms with E-state index in [-0.39, 0.29) is 17.9 Å². The Bertz CT molecular complexity index is 225. The number of carbonyl (C=O) groups is 1. The van der Waals surface area contributed by atoms with Crippen LogP contribution in [0.5, 0.6) is 0 Å². The Kier molecular flexibility index (Phi) is 5.18. The van der Waals surface area contributed by atoms with Crippen LogP contribution < -0.4 is 11.1 Å². The third-order valence-electron chi connectivity index (χ3n) is 3.22. The first-order valence-electron chi connectivity index (χ1n) is 5.67. The van der Waals surface area contributed by atoms with Crippen LogP contribution in [-0.2, 0) is 14.3 Å². The summed E-state index contributed by atoms with van der Waals surface area (Å²) in [7, 11) is 3.19. The zero-order chi connectivity index (χ0) is 12.0. The molecule has 0 aromatic heterocycles. The summed E-state index contributed by atoms with van der Waals surface area (Å²) >= 11 is 0. The highest BCUT2D eigenvalue weighted by Crippen LogP contribution is 2.48. The van der Waals surface area contributed by atoms with Crippen LogP contribution in [0.2, 0.25) is 0 Å². The van der Waals surface area contributed by atoms with Gasteiger partial charge in [0.1, 0.15) is 6.10 Å². The van der Waals surface area contributed by atoms with Crippen LogP contribution in [0.25, 0.3) is 0 Å². The number of hydrogen-bond donors (Lipinski definition) is 2. The van der Waals surface area contributed by atoms with Gasteiger partial charge in [-0.25, -0.2) is 0 Å². The zero-order valence-corrected chi connectivity index (χ0v) is 10.1. The van der Waals surface area contributed by atoms with Gasteiger partial charge in [-0.15, -0.1) is 0 Å². The molecule has 16 heavy (non-hydrogen) atoms. The van der Waals surface area contributed by atoms with Crippen molar-refractivity contribution in [2.24, 2.45) is 11.1 Å². The predicted molar refractivity (Wildman–Crippen MR) is 61.0 cm³/mol. The first-order valence-corrected chi connectivity index (χ1v) is 5.67. The van der Waals surface area contributed by atoms with Gasteiger partial charge in [0.05, 0.1) is 0 Å². The fraction of sp³-hybridized carbons (Fsp3) is 0.909. The molecule has 0 radical (unpaired) electrons. The van der Waals surface area contributed by atoms with Crippen molar-refractivity contribution >= 4 is 5.91 Å². The summed E-state index contributed by atoms with van der Waals surface area (Å²) in [6, 6.07) is 0. The quantitative estimate of drug-likeness (QED) is 0.610. The molecular formula is C11H22N2O3. The number of nitrogens with two attached hydrogens (primary N) is 1. The van der Waals surface area contributed by atoms with E-state index in [2.05, 4.69) is 5.32 Å². The SMILES string of the molecule is COCCC1(CNC(=O)C(CN)OC)CC1. The molecule has 1 atom stereocenters. The fourth-order valence-corrected chi connectivity index (χ4v) is 1.71. The summed E-state index contributed by atoms with van der Waals surface area (Å²) in [4.78, 5) is 11.6. The summed E-state index contributed by atoms with van der Waals surface area (Å²) in [6.45, 7) is 1.67. The monoisotopic (exact) mass is 230 g/mol. The molecule has 94 valence electrons. The topological polar surface area (TPSA) is 73.6 Å². The standard InChI is InChI=1S/C11H22N2O3/c1-15-6-5-11(3-4-11)8-13-10(14)9(7-12)16-2/h9H,3-8,12H2,1-2H3,(H,13,14). The van der Waals surface area contributed by atoms with Crippen molar-refractivity contribution in [2.45, 2.75) is 25.4 Å². The highest BCUT2D eigenvalue weighted by molar-refractivity contribution is 5.81. The van der Waals surface area contributed by atoms with Crippen LogP contribution in [-0.4, -0.2) is 45.9 Å². The molecule has 5 heteroatoms. The molecule has 0 aromatic rings. The Morgan fingerprint density at radius 2 is 2.19 bits per heavy atom. The molecule has 5 nitrogen and oxygen atoms in total. The molecule has 1 amide bonds.